The molecule has 1 aromatic heterocycles. The van der Waals surface area contributed by atoms with Gasteiger partial charge in [-0.2, -0.15) is 0 Å². The van der Waals surface area contributed by atoms with Crippen molar-refractivity contribution in [2.45, 2.75) is 46.5 Å². The molecule has 0 bridgehead atoms. The third-order valence-corrected chi connectivity index (χ3v) is 4.51. The number of carboxylic acids is 1. The van der Waals surface area contributed by atoms with Crippen molar-refractivity contribution in [2.75, 3.05) is 13.1 Å². The van der Waals surface area contributed by atoms with E-state index in [1.807, 2.05) is 13.8 Å². The van der Waals surface area contributed by atoms with Crippen LogP contribution in [0.5, 0.6) is 0 Å². The molecule has 0 radical (unpaired) electrons. The Bertz CT molecular complexity index is 522. The fourth-order valence-corrected chi connectivity index (χ4v) is 2.71. The SMILES string of the molecule is Cc1noc(C)c1CCC(=O)N1CCC(C)(C(=O)O)CC1. The Balaban J connectivity index is 1.87. The number of carbonyl (C=O) groups excluding carboxylic acids is 1. The molecule has 2 heterocycles. The van der Waals surface area contributed by atoms with E-state index in [0.717, 1.165) is 17.0 Å². The highest BCUT2D eigenvalue weighted by atomic mass is 16.5. The Labute approximate surface area is 124 Å². The molecule has 0 aliphatic carbocycles. The molecule has 1 aromatic rings. The Morgan fingerprint density at radius 3 is 2.43 bits per heavy atom. The highest BCUT2D eigenvalue weighted by Crippen LogP contribution is 2.31. The number of carboxylic acid groups (broad SMARTS) is 1. The van der Waals surface area contributed by atoms with Crippen LogP contribution in [0.15, 0.2) is 4.52 Å². The maximum Gasteiger partial charge on any atom is 0.309 e. The van der Waals surface area contributed by atoms with Gasteiger partial charge in [-0.3, -0.25) is 9.59 Å². The van der Waals surface area contributed by atoms with Gasteiger partial charge in [0.05, 0.1) is 11.1 Å². The lowest BCUT2D eigenvalue weighted by atomic mass is 9.80. The fraction of sp³-hybridized carbons (Fsp3) is 0.667. The molecule has 1 fully saturated rings. The minimum absolute atomic E-state index is 0.0717. The molecule has 1 aliphatic heterocycles. The van der Waals surface area contributed by atoms with E-state index in [9.17, 15) is 14.7 Å². The monoisotopic (exact) mass is 294 g/mol. The number of hydrogen-bond acceptors (Lipinski definition) is 4. The van der Waals surface area contributed by atoms with Gasteiger partial charge in [-0.15, -0.1) is 0 Å². The Hall–Kier alpha value is -1.85. The van der Waals surface area contributed by atoms with E-state index < -0.39 is 11.4 Å². The number of likely N-dealkylation sites (tertiary alicyclic amines) is 1. The molecule has 0 saturated carbocycles. The van der Waals surface area contributed by atoms with Gasteiger partial charge in [-0.1, -0.05) is 5.16 Å². The highest BCUT2D eigenvalue weighted by molar-refractivity contribution is 5.78. The summed E-state index contributed by atoms with van der Waals surface area (Å²) in [5.41, 5.74) is 1.13. The number of aliphatic carboxylic acids is 1. The first-order valence-corrected chi connectivity index (χ1v) is 7.26. The maximum absolute atomic E-state index is 12.2. The Morgan fingerprint density at radius 2 is 1.95 bits per heavy atom. The molecule has 21 heavy (non-hydrogen) atoms. The second kappa shape index (κ2) is 5.87. The average Bonchev–Trinajstić information content (AvgIpc) is 2.76. The van der Waals surface area contributed by atoms with Crippen LogP contribution in [0, 0.1) is 19.3 Å². The van der Waals surface area contributed by atoms with E-state index >= 15 is 0 Å². The van der Waals surface area contributed by atoms with Crippen LogP contribution in [-0.4, -0.2) is 40.1 Å². The van der Waals surface area contributed by atoms with E-state index in [1.54, 1.807) is 11.8 Å². The number of piperidine rings is 1. The first-order chi connectivity index (χ1) is 9.83. The minimum Gasteiger partial charge on any atom is -0.481 e. The lowest BCUT2D eigenvalue weighted by Crippen LogP contribution is -2.45. The number of nitrogens with zero attached hydrogens (tertiary/aromatic N) is 2. The smallest absolute Gasteiger partial charge is 0.309 e. The average molecular weight is 294 g/mol. The van der Waals surface area contributed by atoms with Crippen LogP contribution in [0.4, 0.5) is 0 Å². The molecule has 2 rings (SSSR count). The van der Waals surface area contributed by atoms with Crippen LogP contribution in [0.1, 0.15) is 43.2 Å². The number of aryl methyl sites for hydroxylation is 2. The standard InChI is InChI=1S/C15H22N2O4/c1-10-12(11(2)21-16-10)4-5-13(18)17-8-6-15(3,7-9-17)14(19)20/h4-9H2,1-3H3,(H,19,20). The second-order valence-electron chi connectivity index (χ2n) is 6.05. The van der Waals surface area contributed by atoms with E-state index in [0.29, 0.717) is 38.8 Å². The second-order valence-corrected chi connectivity index (χ2v) is 6.05. The predicted octanol–water partition coefficient (Wildman–Crippen LogP) is 1.94. The van der Waals surface area contributed by atoms with Crippen molar-refractivity contribution in [3.05, 3.63) is 17.0 Å². The first kappa shape index (κ1) is 15.5. The molecule has 1 amide bonds. The van der Waals surface area contributed by atoms with Gasteiger partial charge in [0.15, 0.2) is 0 Å². The summed E-state index contributed by atoms with van der Waals surface area (Å²) in [4.78, 5) is 25.2. The third kappa shape index (κ3) is 3.25. The molecule has 6 nitrogen and oxygen atoms in total. The molecule has 116 valence electrons. The van der Waals surface area contributed by atoms with Gasteiger partial charge in [0.2, 0.25) is 5.91 Å². The molecule has 1 saturated heterocycles. The zero-order chi connectivity index (χ0) is 15.6. The minimum atomic E-state index is -0.773. The quantitative estimate of drug-likeness (QED) is 0.917. The number of aromatic nitrogens is 1. The molecule has 0 spiro atoms. The number of rotatable bonds is 4. The summed E-state index contributed by atoms with van der Waals surface area (Å²) >= 11 is 0. The summed E-state index contributed by atoms with van der Waals surface area (Å²) in [6.45, 7) is 6.50. The molecular formula is C15H22N2O4. The summed E-state index contributed by atoms with van der Waals surface area (Å²) < 4.78 is 5.09. The fourth-order valence-electron chi connectivity index (χ4n) is 2.71. The largest absolute Gasteiger partial charge is 0.481 e. The summed E-state index contributed by atoms with van der Waals surface area (Å²) in [6.07, 6.45) is 2.05. The summed E-state index contributed by atoms with van der Waals surface area (Å²) in [5.74, 6) is 0.0603. The first-order valence-electron chi connectivity index (χ1n) is 7.26. The van der Waals surface area contributed by atoms with Crippen LogP contribution in [0.3, 0.4) is 0 Å². The van der Waals surface area contributed by atoms with Crippen molar-refractivity contribution >= 4 is 11.9 Å². The van der Waals surface area contributed by atoms with Crippen molar-refractivity contribution < 1.29 is 19.2 Å². The van der Waals surface area contributed by atoms with Crippen LogP contribution in [0.2, 0.25) is 0 Å². The molecule has 0 aromatic carbocycles. The highest BCUT2D eigenvalue weighted by Gasteiger charge is 2.37. The zero-order valence-corrected chi connectivity index (χ0v) is 12.8. The Morgan fingerprint density at radius 1 is 1.33 bits per heavy atom. The number of hydrogen-bond donors (Lipinski definition) is 1. The molecule has 1 aliphatic rings. The van der Waals surface area contributed by atoms with Gasteiger partial charge in [0, 0.05) is 25.1 Å². The number of amides is 1. The van der Waals surface area contributed by atoms with Crippen molar-refractivity contribution in [3.63, 3.8) is 0 Å². The predicted molar refractivity (Wildman–Crippen MR) is 75.9 cm³/mol. The van der Waals surface area contributed by atoms with E-state index in [1.165, 1.54) is 0 Å². The maximum atomic E-state index is 12.2. The van der Waals surface area contributed by atoms with Gasteiger partial charge in [0.25, 0.3) is 0 Å². The van der Waals surface area contributed by atoms with E-state index in [2.05, 4.69) is 5.16 Å². The summed E-state index contributed by atoms with van der Waals surface area (Å²) in [7, 11) is 0. The Kier molecular flexibility index (Phi) is 4.34. The lowest BCUT2D eigenvalue weighted by Gasteiger charge is -2.36. The molecule has 0 unspecified atom stereocenters. The topological polar surface area (TPSA) is 83.6 Å². The van der Waals surface area contributed by atoms with Crippen LogP contribution < -0.4 is 0 Å². The van der Waals surface area contributed by atoms with Crippen LogP contribution in [-0.2, 0) is 16.0 Å². The molecular weight excluding hydrogens is 272 g/mol. The van der Waals surface area contributed by atoms with Crippen LogP contribution in [0.25, 0.3) is 0 Å². The lowest BCUT2D eigenvalue weighted by molar-refractivity contribution is -0.153. The molecule has 1 N–H and O–H groups in total. The summed E-state index contributed by atoms with van der Waals surface area (Å²) in [6, 6.07) is 0. The molecule has 6 heteroatoms. The van der Waals surface area contributed by atoms with Crippen molar-refractivity contribution in [1.29, 1.82) is 0 Å². The van der Waals surface area contributed by atoms with Crippen LogP contribution >= 0.6 is 0 Å². The van der Waals surface area contributed by atoms with E-state index in [4.69, 9.17) is 4.52 Å². The molecule has 0 atom stereocenters. The third-order valence-electron chi connectivity index (χ3n) is 4.51. The number of carbonyl (C=O) groups is 2. The van der Waals surface area contributed by atoms with Gasteiger partial charge in [-0.05, 0) is 40.0 Å². The normalized spacial score (nSPS) is 17.8. The zero-order valence-electron chi connectivity index (χ0n) is 12.8. The van der Waals surface area contributed by atoms with Crippen molar-refractivity contribution in [1.82, 2.24) is 10.1 Å². The van der Waals surface area contributed by atoms with Gasteiger partial charge in [0.1, 0.15) is 5.76 Å². The van der Waals surface area contributed by atoms with Gasteiger partial charge in [-0.25, -0.2) is 0 Å². The summed E-state index contributed by atoms with van der Waals surface area (Å²) in [5, 5.41) is 13.1. The van der Waals surface area contributed by atoms with E-state index in [-0.39, 0.29) is 5.91 Å². The van der Waals surface area contributed by atoms with Crippen molar-refractivity contribution in [2.24, 2.45) is 5.41 Å². The van der Waals surface area contributed by atoms with Gasteiger partial charge >= 0.3 is 5.97 Å². The van der Waals surface area contributed by atoms with Gasteiger partial charge < -0.3 is 14.5 Å². The van der Waals surface area contributed by atoms with Crippen molar-refractivity contribution in [3.8, 4) is 0 Å².